The van der Waals surface area contributed by atoms with E-state index in [4.69, 9.17) is 37.0 Å². The van der Waals surface area contributed by atoms with Crippen molar-refractivity contribution in [1.82, 2.24) is 0 Å². The Hall–Kier alpha value is -1.94. The average molecular weight is 1420 g/mol. The summed E-state index contributed by atoms with van der Waals surface area (Å²) >= 11 is 0. The number of phosphoric acid groups is 2. The third kappa shape index (κ3) is 72.2. The summed E-state index contributed by atoms with van der Waals surface area (Å²) in [5, 5.41) is 10.6. The van der Waals surface area contributed by atoms with E-state index in [2.05, 4.69) is 41.5 Å². The third-order valence-electron chi connectivity index (χ3n) is 18.2. The zero-order valence-electron chi connectivity index (χ0n) is 63.4. The van der Waals surface area contributed by atoms with Gasteiger partial charge in [0.15, 0.2) is 12.2 Å². The van der Waals surface area contributed by atoms with E-state index in [1.54, 1.807) is 0 Å². The van der Waals surface area contributed by atoms with Gasteiger partial charge in [0.1, 0.15) is 19.3 Å². The van der Waals surface area contributed by atoms with E-state index in [9.17, 15) is 43.2 Å². The molecule has 0 aromatic carbocycles. The monoisotopic (exact) mass is 1420 g/mol. The number of carbonyl (C=O) groups is 4. The van der Waals surface area contributed by atoms with Crippen molar-refractivity contribution < 1.29 is 80.2 Å². The van der Waals surface area contributed by atoms with Crippen LogP contribution >= 0.6 is 15.6 Å². The van der Waals surface area contributed by atoms with Gasteiger partial charge in [0.25, 0.3) is 0 Å². The molecule has 0 aromatic rings. The summed E-state index contributed by atoms with van der Waals surface area (Å²) < 4.78 is 68.6. The molecule has 0 aliphatic heterocycles. The molecule has 2 unspecified atom stereocenters. The highest BCUT2D eigenvalue weighted by atomic mass is 31.2. The SMILES string of the molecule is CCCCCCCCCCCCCCCCCCCCCC(=O)O[C@H](COC(=O)CCCCCCCCCCCCCCCC(C)C)COP(=O)(O)OC[C@@H](O)COP(=O)(O)OC[C@@H](COC(=O)CCCCCCCCCCCC)OC(=O)CCCCCCCCCCCC(C)C. The van der Waals surface area contributed by atoms with Gasteiger partial charge >= 0.3 is 39.5 Å². The summed E-state index contributed by atoms with van der Waals surface area (Å²) in [5.41, 5.74) is 0. The van der Waals surface area contributed by atoms with Gasteiger partial charge in [-0.1, -0.05) is 356 Å². The van der Waals surface area contributed by atoms with Crippen molar-refractivity contribution in [1.29, 1.82) is 0 Å². The van der Waals surface area contributed by atoms with Crippen molar-refractivity contribution >= 4 is 39.5 Å². The normalized spacial score (nSPS) is 14.0. The van der Waals surface area contributed by atoms with Crippen LogP contribution in [0.15, 0.2) is 0 Å². The van der Waals surface area contributed by atoms with Crippen LogP contribution in [-0.2, 0) is 65.4 Å². The van der Waals surface area contributed by atoms with E-state index >= 15 is 0 Å². The molecule has 3 N–H and O–H groups in total. The number of esters is 4. The van der Waals surface area contributed by atoms with E-state index < -0.39 is 97.5 Å². The van der Waals surface area contributed by atoms with E-state index in [0.29, 0.717) is 25.7 Å². The first-order valence-corrected chi connectivity index (χ1v) is 43.5. The van der Waals surface area contributed by atoms with Crippen LogP contribution in [0.1, 0.15) is 408 Å². The predicted molar refractivity (Wildman–Crippen MR) is 395 cm³/mol. The zero-order chi connectivity index (χ0) is 71.4. The van der Waals surface area contributed by atoms with Gasteiger partial charge in [-0.25, -0.2) is 9.13 Å². The molecule has 576 valence electrons. The topological polar surface area (TPSA) is 237 Å². The minimum atomic E-state index is -4.96. The lowest BCUT2D eigenvalue weighted by Crippen LogP contribution is -2.30. The van der Waals surface area contributed by atoms with Crippen molar-refractivity contribution in [2.45, 2.75) is 426 Å². The van der Waals surface area contributed by atoms with Crippen molar-refractivity contribution in [3.63, 3.8) is 0 Å². The van der Waals surface area contributed by atoms with Crippen LogP contribution in [0.2, 0.25) is 0 Å². The summed E-state index contributed by atoms with van der Waals surface area (Å²) in [6.45, 7) is 9.60. The van der Waals surface area contributed by atoms with Crippen molar-refractivity contribution in [2.24, 2.45) is 11.8 Å². The first kappa shape index (κ1) is 95.1. The Balaban J connectivity index is 5.23. The molecule has 0 saturated heterocycles. The Bertz CT molecular complexity index is 1870. The van der Waals surface area contributed by atoms with Gasteiger partial charge in [0.05, 0.1) is 26.4 Å². The van der Waals surface area contributed by atoms with Crippen LogP contribution in [0.5, 0.6) is 0 Å². The summed E-state index contributed by atoms with van der Waals surface area (Å²) in [4.78, 5) is 72.9. The Kier molecular flexibility index (Phi) is 68.4. The molecule has 0 aliphatic rings. The second-order valence-electron chi connectivity index (χ2n) is 29.1. The first-order valence-electron chi connectivity index (χ1n) is 40.5. The Morgan fingerprint density at radius 3 is 0.701 bits per heavy atom. The number of rotatable bonds is 77. The second kappa shape index (κ2) is 69.8. The van der Waals surface area contributed by atoms with E-state index in [-0.39, 0.29) is 25.7 Å². The molecule has 0 aromatic heterocycles. The van der Waals surface area contributed by atoms with Gasteiger partial charge in [0, 0.05) is 25.7 Å². The fraction of sp³-hybridized carbons (Fsp3) is 0.949. The second-order valence-corrected chi connectivity index (χ2v) is 32.0. The lowest BCUT2D eigenvalue weighted by molar-refractivity contribution is -0.161. The van der Waals surface area contributed by atoms with Gasteiger partial charge < -0.3 is 33.8 Å². The highest BCUT2D eigenvalue weighted by Crippen LogP contribution is 2.45. The van der Waals surface area contributed by atoms with Crippen LogP contribution in [0.25, 0.3) is 0 Å². The molecule has 0 heterocycles. The molecular formula is C78H152O17P2. The molecule has 0 aliphatic carbocycles. The van der Waals surface area contributed by atoms with Crippen molar-refractivity contribution in [2.75, 3.05) is 39.6 Å². The third-order valence-corrected chi connectivity index (χ3v) is 20.1. The van der Waals surface area contributed by atoms with Gasteiger partial charge in [-0.15, -0.1) is 0 Å². The van der Waals surface area contributed by atoms with Crippen LogP contribution < -0.4 is 0 Å². The number of hydrogen-bond acceptors (Lipinski definition) is 15. The van der Waals surface area contributed by atoms with E-state index in [1.165, 1.54) is 225 Å². The molecule has 17 nitrogen and oxygen atoms in total. The molecule has 0 spiro atoms. The maximum absolute atomic E-state index is 13.1. The molecule has 0 radical (unpaired) electrons. The zero-order valence-corrected chi connectivity index (χ0v) is 65.2. The smallest absolute Gasteiger partial charge is 0.462 e. The quantitative estimate of drug-likeness (QED) is 0.0222. The number of aliphatic hydroxyl groups is 1. The van der Waals surface area contributed by atoms with Crippen LogP contribution in [0, 0.1) is 11.8 Å². The molecule has 97 heavy (non-hydrogen) atoms. The van der Waals surface area contributed by atoms with Gasteiger partial charge in [-0.05, 0) is 37.5 Å². The lowest BCUT2D eigenvalue weighted by atomic mass is 10.0. The number of ether oxygens (including phenoxy) is 4. The number of phosphoric ester groups is 2. The predicted octanol–water partition coefficient (Wildman–Crippen LogP) is 23.1. The van der Waals surface area contributed by atoms with Crippen molar-refractivity contribution in [3.05, 3.63) is 0 Å². The van der Waals surface area contributed by atoms with Crippen LogP contribution in [-0.4, -0.2) is 96.7 Å². The average Bonchev–Trinajstić information content (AvgIpc) is 1.04. The molecule has 0 bridgehead atoms. The highest BCUT2D eigenvalue weighted by Gasteiger charge is 2.30. The molecule has 0 rings (SSSR count). The summed E-state index contributed by atoms with van der Waals surface area (Å²) in [7, 11) is -9.91. The Morgan fingerprint density at radius 1 is 0.278 bits per heavy atom. The molecule has 0 saturated carbocycles. The summed E-state index contributed by atoms with van der Waals surface area (Å²) in [5.74, 6) is -0.586. The molecule has 19 heteroatoms. The van der Waals surface area contributed by atoms with Gasteiger partial charge in [-0.2, -0.15) is 0 Å². The number of aliphatic hydroxyl groups excluding tert-OH is 1. The summed E-state index contributed by atoms with van der Waals surface area (Å²) in [6, 6.07) is 0. The lowest BCUT2D eigenvalue weighted by Gasteiger charge is -2.21. The van der Waals surface area contributed by atoms with Crippen LogP contribution in [0.4, 0.5) is 0 Å². The fourth-order valence-corrected chi connectivity index (χ4v) is 13.6. The summed E-state index contributed by atoms with van der Waals surface area (Å²) in [6.07, 6.45) is 58.3. The minimum absolute atomic E-state index is 0.106. The minimum Gasteiger partial charge on any atom is -0.462 e. The maximum atomic E-state index is 13.1. The van der Waals surface area contributed by atoms with Gasteiger partial charge in [-0.3, -0.25) is 37.3 Å². The highest BCUT2D eigenvalue weighted by molar-refractivity contribution is 7.47. The first-order chi connectivity index (χ1) is 46.9. The molecular weight excluding hydrogens is 1270 g/mol. The Labute approximate surface area is 594 Å². The fourth-order valence-electron chi connectivity index (χ4n) is 12.0. The van der Waals surface area contributed by atoms with Crippen molar-refractivity contribution in [3.8, 4) is 0 Å². The van der Waals surface area contributed by atoms with Crippen LogP contribution in [0.3, 0.4) is 0 Å². The number of hydrogen-bond donors (Lipinski definition) is 3. The van der Waals surface area contributed by atoms with E-state index in [0.717, 1.165) is 102 Å². The maximum Gasteiger partial charge on any atom is 0.472 e. The Morgan fingerprint density at radius 2 is 0.474 bits per heavy atom. The van der Waals surface area contributed by atoms with E-state index in [1.807, 2.05) is 0 Å². The molecule has 5 atom stereocenters. The molecule has 0 fully saturated rings. The standard InChI is InChI=1S/C78H152O17P2/c1-7-9-11-13-15-17-19-20-21-22-23-24-25-28-32-38-44-50-56-62-77(82)94-73(67-89-76(81)61-55-49-43-37-31-29-26-27-30-34-40-46-52-58-70(3)4)68-92-96(84,85)90-64-72(79)65-91-97(86,87)93-69-74(66-88-75(80)60-54-48-42-36-18-16-14-12-10-8-2)95-78(83)63-57-51-45-39-33-35-41-47-53-59-71(5)6/h70-74,79H,7-69H2,1-6H3,(H,84,85)(H,86,87)/t72-,73-,74-/m1/s1. The number of unbranched alkanes of at least 4 members (excludes halogenated alkanes) is 47. The molecule has 0 amide bonds. The largest absolute Gasteiger partial charge is 0.472 e. The number of carbonyl (C=O) groups excluding carboxylic acids is 4. The van der Waals surface area contributed by atoms with Gasteiger partial charge in [0.2, 0.25) is 0 Å².